The number of guanidine groups is 1. The molecule has 26 heavy (non-hydrogen) atoms. The highest BCUT2D eigenvalue weighted by molar-refractivity contribution is 5.79. The number of benzene rings is 1. The second kappa shape index (κ2) is 11.0. The third kappa shape index (κ3) is 6.84. The van der Waals surface area contributed by atoms with Gasteiger partial charge in [0.2, 0.25) is 0 Å². The molecule has 0 amide bonds. The lowest BCUT2D eigenvalue weighted by molar-refractivity contribution is 0.107. The fourth-order valence-electron chi connectivity index (χ4n) is 3.09. The van der Waals surface area contributed by atoms with Crippen molar-refractivity contribution in [2.24, 2.45) is 4.99 Å². The van der Waals surface area contributed by atoms with Gasteiger partial charge < -0.3 is 20.3 Å². The number of nitrogens with zero attached hydrogens (tertiary/aromatic N) is 3. The number of hydrogen-bond donors (Lipinski definition) is 2. The van der Waals surface area contributed by atoms with Crippen LogP contribution in [0.4, 0.5) is 0 Å². The molecule has 146 valence electrons. The largest absolute Gasteiger partial charge is 0.492 e. The number of ether oxygens (including phenoxy) is 1. The van der Waals surface area contributed by atoms with Crippen molar-refractivity contribution >= 4 is 5.96 Å². The molecule has 1 aliphatic heterocycles. The van der Waals surface area contributed by atoms with Crippen molar-refractivity contribution in [1.29, 1.82) is 0 Å². The van der Waals surface area contributed by atoms with Gasteiger partial charge in [-0.3, -0.25) is 9.89 Å². The third-order valence-electron chi connectivity index (χ3n) is 4.95. The van der Waals surface area contributed by atoms with E-state index in [4.69, 9.17) is 4.74 Å². The Kier molecular flexibility index (Phi) is 8.71. The van der Waals surface area contributed by atoms with Crippen LogP contribution in [-0.4, -0.2) is 81.3 Å². The summed E-state index contributed by atoms with van der Waals surface area (Å²) in [4.78, 5) is 9.35. The summed E-state index contributed by atoms with van der Waals surface area (Å²) in [5.74, 6) is 1.73. The molecule has 0 spiro atoms. The van der Waals surface area contributed by atoms with Gasteiger partial charge in [-0.2, -0.15) is 0 Å². The molecular weight excluding hydrogens is 326 g/mol. The maximum atomic E-state index is 5.74. The molecule has 0 aliphatic carbocycles. The van der Waals surface area contributed by atoms with Crippen LogP contribution in [0.25, 0.3) is 0 Å². The van der Waals surface area contributed by atoms with Crippen LogP contribution in [0.2, 0.25) is 0 Å². The van der Waals surface area contributed by atoms with Crippen LogP contribution in [0, 0.1) is 6.92 Å². The van der Waals surface area contributed by atoms with Crippen LogP contribution in [0.5, 0.6) is 5.75 Å². The predicted octanol–water partition coefficient (Wildman–Crippen LogP) is 1.56. The molecule has 1 heterocycles. The lowest BCUT2D eigenvalue weighted by Gasteiger charge is -2.37. The Morgan fingerprint density at radius 1 is 1.15 bits per heavy atom. The number of aryl methyl sites for hydroxylation is 1. The van der Waals surface area contributed by atoms with Crippen LogP contribution < -0.4 is 15.4 Å². The molecule has 1 saturated heterocycles. The Balaban J connectivity index is 1.62. The van der Waals surface area contributed by atoms with Crippen molar-refractivity contribution in [3.63, 3.8) is 0 Å². The molecule has 0 bridgehead atoms. The fraction of sp³-hybridized carbons (Fsp3) is 0.650. The molecule has 6 nitrogen and oxygen atoms in total. The second-order valence-electron chi connectivity index (χ2n) is 6.86. The van der Waals surface area contributed by atoms with E-state index < -0.39 is 0 Å². The maximum absolute atomic E-state index is 5.74. The number of piperazine rings is 1. The highest BCUT2D eigenvalue weighted by Gasteiger charge is 2.20. The number of nitrogens with one attached hydrogen (secondary N) is 2. The first-order valence-electron chi connectivity index (χ1n) is 9.72. The van der Waals surface area contributed by atoms with E-state index in [1.54, 1.807) is 7.05 Å². The summed E-state index contributed by atoms with van der Waals surface area (Å²) in [6, 6.07) is 8.62. The first-order chi connectivity index (χ1) is 12.6. The van der Waals surface area contributed by atoms with Crippen molar-refractivity contribution in [1.82, 2.24) is 20.4 Å². The minimum Gasteiger partial charge on any atom is -0.492 e. The summed E-state index contributed by atoms with van der Waals surface area (Å²) >= 11 is 0. The monoisotopic (exact) mass is 361 g/mol. The zero-order valence-electron chi connectivity index (χ0n) is 16.8. The molecule has 0 radical (unpaired) electrons. The van der Waals surface area contributed by atoms with E-state index in [0.717, 1.165) is 44.4 Å². The molecule has 6 heteroatoms. The normalized spacial score (nSPS) is 17.8. The number of aliphatic imine (C=N–C) groups is 1. The minimum atomic E-state index is 0.497. The van der Waals surface area contributed by atoms with Crippen LogP contribution in [-0.2, 0) is 0 Å². The van der Waals surface area contributed by atoms with E-state index in [-0.39, 0.29) is 0 Å². The Bertz CT molecular complexity index is 538. The smallest absolute Gasteiger partial charge is 0.191 e. The van der Waals surface area contributed by atoms with Gasteiger partial charge >= 0.3 is 0 Å². The number of likely N-dealkylation sites (N-methyl/N-ethyl adjacent to an activating group) is 1. The molecule has 1 aliphatic rings. The van der Waals surface area contributed by atoms with Crippen molar-refractivity contribution in [2.75, 3.05) is 59.5 Å². The van der Waals surface area contributed by atoms with Crippen LogP contribution in [0.3, 0.4) is 0 Å². The van der Waals surface area contributed by atoms with Gasteiger partial charge in [-0.25, -0.2) is 0 Å². The Labute approximate surface area is 158 Å². The first-order valence-corrected chi connectivity index (χ1v) is 9.72. The van der Waals surface area contributed by atoms with Gasteiger partial charge in [0.15, 0.2) is 5.96 Å². The topological polar surface area (TPSA) is 52.1 Å². The zero-order valence-corrected chi connectivity index (χ0v) is 16.8. The van der Waals surface area contributed by atoms with E-state index in [2.05, 4.69) is 58.3 Å². The van der Waals surface area contributed by atoms with E-state index in [1.807, 2.05) is 12.1 Å². The van der Waals surface area contributed by atoms with Gasteiger partial charge in [0.1, 0.15) is 12.4 Å². The van der Waals surface area contributed by atoms with Gasteiger partial charge in [-0.05, 0) is 32.5 Å². The predicted molar refractivity (Wildman–Crippen MR) is 109 cm³/mol. The maximum Gasteiger partial charge on any atom is 0.191 e. The molecule has 1 fully saturated rings. The lowest BCUT2D eigenvalue weighted by Crippen LogP contribution is -2.53. The summed E-state index contributed by atoms with van der Waals surface area (Å²) in [6.07, 6.45) is 0. The quantitative estimate of drug-likeness (QED) is 0.418. The molecule has 1 aromatic carbocycles. The average Bonchev–Trinajstić information content (AvgIpc) is 2.68. The Morgan fingerprint density at radius 3 is 2.46 bits per heavy atom. The van der Waals surface area contributed by atoms with E-state index in [9.17, 15) is 0 Å². The molecule has 2 N–H and O–H groups in total. The zero-order chi connectivity index (χ0) is 18.8. The molecule has 1 unspecified atom stereocenters. The summed E-state index contributed by atoms with van der Waals surface area (Å²) in [7, 11) is 1.81. The SMILES string of the molecule is CCN1CCN(C(C)CNC(=NC)NCCOc2ccc(C)cc2)CC1. The molecule has 2 rings (SSSR count). The number of rotatable bonds is 8. The van der Waals surface area contributed by atoms with Crippen molar-refractivity contribution in [2.45, 2.75) is 26.8 Å². The van der Waals surface area contributed by atoms with E-state index in [0.29, 0.717) is 12.6 Å². The van der Waals surface area contributed by atoms with Gasteiger partial charge in [0, 0.05) is 45.8 Å². The van der Waals surface area contributed by atoms with Crippen LogP contribution >= 0.6 is 0 Å². The summed E-state index contributed by atoms with van der Waals surface area (Å²) < 4.78 is 5.74. The lowest BCUT2D eigenvalue weighted by atomic mass is 10.2. The second-order valence-corrected chi connectivity index (χ2v) is 6.86. The Hall–Kier alpha value is -1.79. The first kappa shape index (κ1) is 20.5. The van der Waals surface area contributed by atoms with Crippen molar-refractivity contribution < 1.29 is 4.74 Å². The van der Waals surface area contributed by atoms with E-state index >= 15 is 0 Å². The van der Waals surface area contributed by atoms with E-state index in [1.165, 1.54) is 18.7 Å². The van der Waals surface area contributed by atoms with Gasteiger partial charge in [-0.15, -0.1) is 0 Å². The van der Waals surface area contributed by atoms with Crippen molar-refractivity contribution in [3.8, 4) is 5.75 Å². The van der Waals surface area contributed by atoms with Crippen LogP contribution in [0.1, 0.15) is 19.4 Å². The standard InChI is InChI=1S/C20H35N5O/c1-5-24-11-13-25(14-12-24)18(3)16-23-20(21-4)22-10-15-26-19-8-6-17(2)7-9-19/h6-9,18H,5,10-16H2,1-4H3,(H2,21,22,23). The fourth-order valence-corrected chi connectivity index (χ4v) is 3.09. The highest BCUT2D eigenvalue weighted by atomic mass is 16.5. The molecule has 0 saturated carbocycles. The minimum absolute atomic E-state index is 0.497. The molecule has 1 aromatic rings. The Morgan fingerprint density at radius 2 is 1.85 bits per heavy atom. The highest BCUT2D eigenvalue weighted by Crippen LogP contribution is 2.10. The summed E-state index contributed by atoms with van der Waals surface area (Å²) in [6.45, 7) is 14.6. The molecular formula is C20H35N5O. The van der Waals surface area contributed by atoms with Crippen LogP contribution in [0.15, 0.2) is 29.3 Å². The summed E-state index contributed by atoms with van der Waals surface area (Å²) in [5, 5.41) is 6.74. The molecule has 1 atom stereocenters. The van der Waals surface area contributed by atoms with Gasteiger partial charge in [0.05, 0.1) is 6.54 Å². The molecule has 0 aromatic heterocycles. The third-order valence-corrected chi connectivity index (χ3v) is 4.95. The van der Waals surface area contributed by atoms with Gasteiger partial charge in [-0.1, -0.05) is 24.6 Å². The summed E-state index contributed by atoms with van der Waals surface area (Å²) in [5.41, 5.74) is 1.24. The van der Waals surface area contributed by atoms with Gasteiger partial charge in [0.25, 0.3) is 0 Å². The van der Waals surface area contributed by atoms with Crippen molar-refractivity contribution in [3.05, 3.63) is 29.8 Å². The number of hydrogen-bond acceptors (Lipinski definition) is 4. The average molecular weight is 362 g/mol.